The van der Waals surface area contributed by atoms with Gasteiger partial charge in [0.1, 0.15) is 13.2 Å². The summed E-state index contributed by atoms with van der Waals surface area (Å²) in [7, 11) is 0. The number of benzene rings is 1. The van der Waals surface area contributed by atoms with Crippen molar-refractivity contribution >= 4 is 11.9 Å². The van der Waals surface area contributed by atoms with Crippen molar-refractivity contribution in [1.82, 2.24) is 0 Å². The number of allylic oxidation sites excluding steroid dienone is 2. The Kier molecular flexibility index (Phi) is 9.34. The van der Waals surface area contributed by atoms with Crippen LogP contribution in [-0.4, -0.2) is 72.9 Å². The molecule has 0 aromatic heterocycles. The van der Waals surface area contributed by atoms with Crippen LogP contribution in [-0.2, 0) is 48.0 Å². The van der Waals surface area contributed by atoms with Crippen molar-refractivity contribution in [1.29, 1.82) is 0 Å². The molecular formula is C40H44F6O12. The lowest BCUT2D eigenvalue weighted by molar-refractivity contribution is -0.558. The molecule has 2 unspecified atom stereocenters. The number of esters is 2. The van der Waals surface area contributed by atoms with E-state index in [4.69, 9.17) is 48.0 Å². The minimum Gasteiger partial charge on any atom is -0.457 e. The third-order valence-corrected chi connectivity index (χ3v) is 13.9. The number of ether oxygens (including phenoxy) is 6. The summed E-state index contributed by atoms with van der Waals surface area (Å²) < 4.78 is 122. The molecule has 10 aliphatic rings. The molecule has 8 aliphatic heterocycles. The van der Waals surface area contributed by atoms with Crippen molar-refractivity contribution in [3.63, 3.8) is 0 Å². The molecule has 0 N–H and O–H groups in total. The summed E-state index contributed by atoms with van der Waals surface area (Å²) in [5.74, 6) is -10.2. The SMILES string of the molecule is C[C@@H]1CC[C@H]2C(COC(=O)c3ccccc3C(=O)OCC3=C(C(F)(F)F)O[C@@H]4O[C@]5(C)CCC6[C@H](C)CC[C@@H]3[C@]64OO5)=C(C(F)(F)F)O[C@@H]3O[C@]4(C)CCC1[C@]32OO4. The van der Waals surface area contributed by atoms with Gasteiger partial charge in [-0.3, -0.25) is 0 Å². The van der Waals surface area contributed by atoms with E-state index >= 15 is 0 Å². The number of fused-ring (bicyclic) bond motifs is 4. The van der Waals surface area contributed by atoms with Crippen LogP contribution in [0.2, 0.25) is 0 Å². The van der Waals surface area contributed by atoms with Crippen LogP contribution in [0.5, 0.6) is 0 Å². The van der Waals surface area contributed by atoms with E-state index in [1.54, 1.807) is 13.8 Å². The number of hydrogen-bond acceptors (Lipinski definition) is 12. The second kappa shape index (κ2) is 13.5. The maximum Gasteiger partial charge on any atom is 0.449 e. The van der Waals surface area contributed by atoms with Crippen molar-refractivity contribution in [2.45, 2.75) is 127 Å². The number of rotatable bonds is 6. The highest BCUT2D eigenvalue weighted by Crippen LogP contribution is 2.63. The Hall–Kier alpha value is -3.42. The van der Waals surface area contributed by atoms with Gasteiger partial charge in [-0.05, 0) is 76.3 Å². The summed E-state index contributed by atoms with van der Waals surface area (Å²) in [5, 5.41) is 0. The molecule has 8 heterocycles. The Labute approximate surface area is 329 Å². The van der Waals surface area contributed by atoms with Gasteiger partial charge in [0.05, 0.1) is 11.1 Å². The maximum atomic E-state index is 14.7. The average molecular weight is 831 g/mol. The lowest BCUT2D eigenvalue weighted by atomic mass is 9.59. The predicted octanol–water partition coefficient (Wildman–Crippen LogP) is 8.12. The van der Waals surface area contributed by atoms with E-state index < -0.39 is 96.2 Å². The fourth-order valence-electron chi connectivity index (χ4n) is 11.1. The molecule has 12 atom stereocenters. The van der Waals surface area contributed by atoms with Crippen LogP contribution in [0, 0.1) is 35.5 Å². The van der Waals surface area contributed by atoms with E-state index in [2.05, 4.69) is 0 Å². The smallest absolute Gasteiger partial charge is 0.449 e. The molecule has 318 valence electrons. The Morgan fingerprint density at radius 3 is 1.41 bits per heavy atom. The normalized spacial score (nSPS) is 41.7. The summed E-state index contributed by atoms with van der Waals surface area (Å²) in [6, 6.07) is 5.19. The molecule has 1 aromatic rings. The third-order valence-electron chi connectivity index (χ3n) is 13.9. The van der Waals surface area contributed by atoms with Gasteiger partial charge in [0.25, 0.3) is 0 Å². The van der Waals surface area contributed by atoms with Crippen molar-refractivity contribution in [2.24, 2.45) is 35.5 Å². The van der Waals surface area contributed by atoms with Crippen LogP contribution < -0.4 is 0 Å². The van der Waals surface area contributed by atoms with Crippen LogP contribution >= 0.6 is 0 Å². The molecule has 4 bridgehead atoms. The third kappa shape index (κ3) is 6.09. The van der Waals surface area contributed by atoms with Crippen LogP contribution in [0.25, 0.3) is 0 Å². The fraction of sp³-hybridized carbons (Fsp3) is 0.700. The van der Waals surface area contributed by atoms with Gasteiger partial charge in [-0.15, -0.1) is 0 Å². The first-order chi connectivity index (χ1) is 27.3. The highest BCUT2D eigenvalue weighted by molar-refractivity contribution is 6.03. The Morgan fingerprint density at radius 2 is 1.03 bits per heavy atom. The van der Waals surface area contributed by atoms with E-state index in [9.17, 15) is 35.9 Å². The van der Waals surface area contributed by atoms with Gasteiger partial charge < -0.3 is 28.4 Å². The second-order valence-electron chi connectivity index (χ2n) is 17.4. The molecule has 12 nitrogen and oxygen atoms in total. The molecule has 6 saturated heterocycles. The lowest BCUT2D eigenvalue weighted by Gasteiger charge is -2.57. The summed E-state index contributed by atoms with van der Waals surface area (Å²) in [6.07, 6.45) is -9.57. The van der Waals surface area contributed by atoms with Crippen molar-refractivity contribution in [3.05, 3.63) is 58.1 Å². The van der Waals surface area contributed by atoms with E-state index in [1.807, 2.05) is 13.8 Å². The first-order valence-corrected chi connectivity index (χ1v) is 19.8. The molecule has 1 aromatic carbocycles. The molecule has 2 saturated carbocycles. The van der Waals surface area contributed by atoms with Gasteiger partial charge in [-0.1, -0.05) is 26.0 Å². The number of hydrogen-bond donors (Lipinski definition) is 0. The molecule has 18 heteroatoms. The molecule has 2 aliphatic carbocycles. The van der Waals surface area contributed by atoms with Gasteiger partial charge in [0.15, 0.2) is 11.2 Å². The maximum absolute atomic E-state index is 14.7. The van der Waals surface area contributed by atoms with Crippen molar-refractivity contribution in [2.75, 3.05) is 13.2 Å². The molecule has 11 rings (SSSR count). The quantitative estimate of drug-likeness (QED) is 0.156. The molecule has 58 heavy (non-hydrogen) atoms. The summed E-state index contributed by atoms with van der Waals surface area (Å²) in [6.45, 7) is 5.35. The Morgan fingerprint density at radius 1 is 0.638 bits per heavy atom. The van der Waals surface area contributed by atoms with Crippen LogP contribution in [0.3, 0.4) is 0 Å². The second-order valence-corrected chi connectivity index (χ2v) is 17.4. The standard InChI is InChI=1S/C40H44F6O12/c1-19-9-11-27-23(29(39(41,42)43)51-33-37(27)25(19)13-15-35(3,53-33)55-57-37)17-49-31(47)21-7-5-6-8-22(21)32(48)50-18-24-28-12-10-20(2)26-14-16-36(4)54-34(38(26,28)58-56-36)52-30(24)40(44,45)46/h5-8,19-20,25-28,33-34H,9-18H2,1-4H3/t19-,20-,25?,26?,27+,28+,33-,34-,35+,36+,37-,38-/m1/s1. The average Bonchev–Trinajstić information content (AvgIpc) is 3.54. The zero-order chi connectivity index (χ0) is 41.2. The monoisotopic (exact) mass is 830 g/mol. The predicted molar refractivity (Wildman–Crippen MR) is 181 cm³/mol. The number of alkyl halides is 6. The van der Waals surface area contributed by atoms with Gasteiger partial charge in [-0.25, -0.2) is 29.1 Å². The molecule has 0 radical (unpaired) electrons. The van der Waals surface area contributed by atoms with Crippen LogP contribution in [0.15, 0.2) is 46.9 Å². The highest BCUT2D eigenvalue weighted by atomic mass is 19.4. The largest absolute Gasteiger partial charge is 0.457 e. The molecule has 8 fully saturated rings. The number of carbonyl (C=O) groups is 2. The van der Waals surface area contributed by atoms with Gasteiger partial charge in [0.2, 0.25) is 35.7 Å². The van der Waals surface area contributed by atoms with Gasteiger partial charge in [0, 0.05) is 47.7 Å². The van der Waals surface area contributed by atoms with E-state index in [0.29, 0.717) is 38.5 Å². The topological polar surface area (TPSA) is 126 Å². The van der Waals surface area contributed by atoms with E-state index in [0.717, 1.165) is 0 Å². The minimum absolute atomic E-state index is 0.0243. The first kappa shape index (κ1) is 40.0. The molecular weight excluding hydrogens is 786 g/mol. The Bertz CT molecular complexity index is 1800. The fourth-order valence-corrected chi connectivity index (χ4v) is 11.1. The zero-order valence-corrected chi connectivity index (χ0v) is 32.2. The molecule has 0 amide bonds. The van der Waals surface area contributed by atoms with Crippen LogP contribution in [0.4, 0.5) is 26.3 Å². The molecule has 2 spiro atoms. The lowest BCUT2D eigenvalue weighted by Crippen LogP contribution is -2.67. The first-order valence-electron chi connectivity index (χ1n) is 19.8. The number of carbonyl (C=O) groups excluding carboxylic acids is 2. The highest BCUT2D eigenvalue weighted by Gasteiger charge is 2.72. The van der Waals surface area contributed by atoms with Crippen molar-refractivity contribution < 1.29 is 83.9 Å². The summed E-state index contributed by atoms with van der Waals surface area (Å²) >= 11 is 0. The van der Waals surface area contributed by atoms with Crippen LogP contribution in [0.1, 0.15) is 99.8 Å². The van der Waals surface area contributed by atoms with Crippen molar-refractivity contribution in [3.8, 4) is 0 Å². The van der Waals surface area contributed by atoms with E-state index in [-0.39, 0.29) is 58.8 Å². The van der Waals surface area contributed by atoms with E-state index in [1.165, 1.54) is 24.3 Å². The zero-order valence-electron chi connectivity index (χ0n) is 32.2. The van der Waals surface area contributed by atoms with Gasteiger partial charge >= 0.3 is 24.3 Å². The minimum atomic E-state index is -5.00. The number of halogens is 6. The Balaban J connectivity index is 0.977. The summed E-state index contributed by atoms with van der Waals surface area (Å²) in [5.41, 5.74) is -4.41. The summed E-state index contributed by atoms with van der Waals surface area (Å²) in [4.78, 5) is 50.7. The van der Waals surface area contributed by atoms with Gasteiger partial charge in [-0.2, -0.15) is 26.3 Å².